The molecule has 6 heteroatoms. The molecule has 0 fully saturated rings. The normalized spacial score (nSPS) is 16.1. The highest BCUT2D eigenvalue weighted by atomic mass is 79.9. The van der Waals surface area contributed by atoms with Crippen molar-refractivity contribution in [1.29, 1.82) is 0 Å². The number of hydrogen-bond acceptors (Lipinski definition) is 4. The molecule has 0 spiro atoms. The SMILES string of the molecule is COc1ccc(C2=C[C@H](c3ccc(Br)cc3)n3ncnc3N2)cc1. The van der Waals surface area contributed by atoms with Crippen molar-refractivity contribution in [2.75, 3.05) is 12.4 Å². The van der Waals surface area contributed by atoms with E-state index in [1.54, 1.807) is 13.4 Å². The molecule has 1 atom stereocenters. The maximum atomic E-state index is 5.23. The van der Waals surface area contributed by atoms with Gasteiger partial charge in [-0.2, -0.15) is 10.1 Å². The standard InChI is InChI=1S/C18H15BrN4O/c1-24-15-8-4-12(5-9-15)16-10-17(13-2-6-14(19)7-3-13)23-18(22-16)20-11-21-23/h2-11,17H,1H3,(H,20,21,22)/t17-/m1/s1. The van der Waals surface area contributed by atoms with Gasteiger partial charge in [0.1, 0.15) is 18.1 Å². The van der Waals surface area contributed by atoms with Crippen molar-refractivity contribution in [3.63, 3.8) is 0 Å². The first-order chi connectivity index (χ1) is 11.7. The third-order valence-electron chi connectivity index (χ3n) is 4.02. The monoisotopic (exact) mass is 382 g/mol. The van der Waals surface area contributed by atoms with E-state index in [4.69, 9.17) is 4.74 Å². The summed E-state index contributed by atoms with van der Waals surface area (Å²) in [5.74, 6) is 1.57. The second-order valence-electron chi connectivity index (χ2n) is 5.46. The minimum Gasteiger partial charge on any atom is -0.497 e. The second kappa shape index (κ2) is 6.13. The summed E-state index contributed by atoms with van der Waals surface area (Å²) in [4.78, 5) is 4.33. The first-order valence-corrected chi connectivity index (χ1v) is 8.32. The number of nitrogens with one attached hydrogen (secondary N) is 1. The summed E-state index contributed by atoms with van der Waals surface area (Å²) in [5.41, 5.74) is 3.23. The lowest BCUT2D eigenvalue weighted by Gasteiger charge is -2.24. The molecule has 0 bridgehead atoms. The molecule has 2 heterocycles. The van der Waals surface area contributed by atoms with Crippen molar-refractivity contribution in [3.8, 4) is 5.75 Å². The largest absolute Gasteiger partial charge is 0.497 e. The smallest absolute Gasteiger partial charge is 0.226 e. The van der Waals surface area contributed by atoms with Crippen molar-refractivity contribution in [1.82, 2.24) is 14.8 Å². The fourth-order valence-corrected chi connectivity index (χ4v) is 3.03. The van der Waals surface area contributed by atoms with Gasteiger partial charge in [0.15, 0.2) is 0 Å². The zero-order valence-corrected chi connectivity index (χ0v) is 14.6. The van der Waals surface area contributed by atoms with Crippen LogP contribution in [0.3, 0.4) is 0 Å². The summed E-state index contributed by atoms with van der Waals surface area (Å²) >= 11 is 3.48. The van der Waals surface area contributed by atoms with Crippen LogP contribution in [0.4, 0.5) is 5.95 Å². The minimum absolute atomic E-state index is 0.00560. The van der Waals surface area contributed by atoms with Gasteiger partial charge in [-0.3, -0.25) is 0 Å². The summed E-state index contributed by atoms with van der Waals surface area (Å²) in [6.07, 6.45) is 3.73. The predicted octanol–water partition coefficient (Wildman–Crippen LogP) is 4.11. The lowest BCUT2D eigenvalue weighted by atomic mass is 10.0. The van der Waals surface area contributed by atoms with Gasteiger partial charge >= 0.3 is 0 Å². The summed E-state index contributed by atoms with van der Waals surface area (Å²) in [5, 5.41) is 7.70. The molecule has 120 valence electrons. The first kappa shape index (κ1) is 15.0. The van der Waals surface area contributed by atoms with E-state index in [2.05, 4.69) is 49.5 Å². The van der Waals surface area contributed by atoms with Crippen LogP contribution in [0, 0.1) is 0 Å². The lowest BCUT2D eigenvalue weighted by molar-refractivity contribution is 0.415. The number of benzene rings is 2. The third kappa shape index (κ3) is 2.69. The van der Waals surface area contributed by atoms with Gasteiger partial charge < -0.3 is 10.1 Å². The molecule has 0 unspecified atom stereocenters. The molecule has 2 aromatic carbocycles. The number of nitrogens with zero attached hydrogens (tertiary/aromatic N) is 3. The van der Waals surface area contributed by atoms with Gasteiger partial charge in [0, 0.05) is 10.2 Å². The van der Waals surface area contributed by atoms with E-state index in [0.29, 0.717) is 0 Å². The number of aromatic nitrogens is 3. The lowest BCUT2D eigenvalue weighted by Crippen LogP contribution is -2.20. The Kier molecular flexibility index (Phi) is 3.82. The van der Waals surface area contributed by atoms with E-state index in [9.17, 15) is 0 Å². The van der Waals surface area contributed by atoms with Crippen LogP contribution in [0.25, 0.3) is 5.70 Å². The molecule has 0 aliphatic carbocycles. The van der Waals surface area contributed by atoms with E-state index >= 15 is 0 Å². The van der Waals surface area contributed by atoms with Crippen LogP contribution in [-0.4, -0.2) is 21.9 Å². The highest BCUT2D eigenvalue weighted by Crippen LogP contribution is 2.32. The maximum absolute atomic E-state index is 5.23. The van der Waals surface area contributed by atoms with E-state index < -0.39 is 0 Å². The minimum atomic E-state index is -0.00560. The van der Waals surface area contributed by atoms with Gasteiger partial charge in [-0.1, -0.05) is 28.1 Å². The Hall–Kier alpha value is -2.60. The molecule has 0 saturated heterocycles. The van der Waals surface area contributed by atoms with Crippen LogP contribution in [0.5, 0.6) is 5.75 Å². The van der Waals surface area contributed by atoms with Crippen LogP contribution < -0.4 is 10.1 Å². The summed E-state index contributed by atoms with van der Waals surface area (Å²) in [6.45, 7) is 0. The first-order valence-electron chi connectivity index (χ1n) is 7.53. The number of ether oxygens (including phenoxy) is 1. The Morgan fingerprint density at radius 1 is 1.08 bits per heavy atom. The molecule has 0 saturated carbocycles. The van der Waals surface area contributed by atoms with Crippen LogP contribution in [0.1, 0.15) is 17.2 Å². The molecule has 24 heavy (non-hydrogen) atoms. The molecule has 3 aromatic rings. The Morgan fingerprint density at radius 3 is 2.54 bits per heavy atom. The van der Waals surface area contributed by atoms with Crippen molar-refractivity contribution < 1.29 is 4.74 Å². The van der Waals surface area contributed by atoms with Crippen molar-refractivity contribution in [3.05, 3.63) is 76.5 Å². The van der Waals surface area contributed by atoms with E-state index in [1.165, 1.54) is 0 Å². The van der Waals surface area contributed by atoms with E-state index in [-0.39, 0.29) is 6.04 Å². The quantitative estimate of drug-likeness (QED) is 0.740. The Balaban J connectivity index is 1.76. The van der Waals surface area contributed by atoms with Crippen molar-refractivity contribution >= 4 is 27.6 Å². The van der Waals surface area contributed by atoms with E-state index in [0.717, 1.165) is 33.0 Å². The van der Waals surface area contributed by atoms with Gasteiger partial charge in [0.2, 0.25) is 5.95 Å². The van der Waals surface area contributed by atoms with Crippen molar-refractivity contribution in [2.45, 2.75) is 6.04 Å². The highest BCUT2D eigenvalue weighted by molar-refractivity contribution is 9.10. The topological polar surface area (TPSA) is 52.0 Å². The Morgan fingerprint density at radius 2 is 1.83 bits per heavy atom. The second-order valence-corrected chi connectivity index (χ2v) is 6.37. The van der Waals surface area contributed by atoms with Gasteiger partial charge in [0.25, 0.3) is 0 Å². The zero-order chi connectivity index (χ0) is 16.5. The number of methoxy groups -OCH3 is 1. The molecule has 1 aliphatic heterocycles. The summed E-state index contributed by atoms with van der Waals surface area (Å²) in [6, 6.07) is 16.2. The Bertz CT molecular complexity index is 884. The summed E-state index contributed by atoms with van der Waals surface area (Å²) in [7, 11) is 1.67. The zero-order valence-electron chi connectivity index (χ0n) is 13.0. The fraction of sp³-hybridized carbons (Fsp3) is 0.111. The fourth-order valence-electron chi connectivity index (χ4n) is 2.77. The highest BCUT2D eigenvalue weighted by Gasteiger charge is 2.23. The number of anilines is 1. The number of allylic oxidation sites excluding steroid dienone is 1. The maximum Gasteiger partial charge on any atom is 0.226 e. The van der Waals surface area contributed by atoms with Crippen LogP contribution >= 0.6 is 15.9 Å². The number of fused-ring (bicyclic) bond motifs is 1. The average molecular weight is 383 g/mol. The molecule has 4 rings (SSSR count). The molecular formula is C18H15BrN4O. The van der Waals surface area contributed by atoms with Crippen LogP contribution in [0.2, 0.25) is 0 Å². The Labute approximate surface area is 148 Å². The molecular weight excluding hydrogens is 368 g/mol. The average Bonchev–Trinajstić information content (AvgIpc) is 3.10. The van der Waals surface area contributed by atoms with Gasteiger partial charge in [0.05, 0.1) is 7.11 Å². The summed E-state index contributed by atoms with van der Waals surface area (Å²) < 4.78 is 8.17. The number of halogens is 1. The predicted molar refractivity (Wildman–Crippen MR) is 96.9 cm³/mol. The van der Waals surface area contributed by atoms with E-state index in [1.807, 2.05) is 41.1 Å². The number of rotatable bonds is 3. The van der Waals surface area contributed by atoms with Crippen molar-refractivity contribution in [2.24, 2.45) is 0 Å². The molecule has 5 nitrogen and oxygen atoms in total. The molecule has 1 N–H and O–H groups in total. The molecule has 0 radical (unpaired) electrons. The van der Waals surface area contributed by atoms with Crippen LogP contribution in [0.15, 0.2) is 65.4 Å². The van der Waals surface area contributed by atoms with Gasteiger partial charge in [-0.25, -0.2) is 4.68 Å². The third-order valence-corrected chi connectivity index (χ3v) is 4.55. The van der Waals surface area contributed by atoms with Gasteiger partial charge in [-0.05, 0) is 53.6 Å². The molecule has 1 aliphatic rings. The number of hydrogen-bond donors (Lipinski definition) is 1. The van der Waals surface area contributed by atoms with Crippen LogP contribution in [-0.2, 0) is 0 Å². The van der Waals surface area contributed by atoms with Gasteiger partial charge in [-0.15, -0.1) is 0 Å². The molecule has 0 amide bonds. The molecule has 1 aromatic heterocycles.